The van der Waals surface area contributed by atoms with Gasteiger partial charge in [-0.1, -0.05) is 49.8 Å². The van der Waals surface area contributed by atoms with Crippen molar-refractivity contribution in [1.29, 1.82) is 0 Å². The van der Waals surface area contributed by atoms with E-state index in [4.69, 9.17) is 17.3 Å². The van der Waals surface area contributed by atoms with Crippen LogP contribution in [0.1, 0.15) is 34.1 Å². The lowest BCUT2D eigenvalue weighted by Crippen LogP contribution is -2.52. The van der Waals surface area contributed by atoms with Crippen molar-refractivity contribution in [1.82, 2.24) is 4.90 Å². The van der Waals surface area contributed by atoms with Crippen molar-refractivity contribution in [3.05, 3.63) is 35.4 Å². The molecule has 1 aliphatic heterocycles. The highest BCUT2D eigenvalue weighted by Crippen LogP contribution is 2.39. The summed E-state index contributed by atoms with van der Waals surface area (Å²) in [7, 11) is 0. The van der Waals surface area contributed by atoms with E-state index in [9.17, 15) is 4.79 Å². The van der Waals surface area contributed by atoms with E-state index in [0.29, 0.717) is 17.5 Å². The molecule has 2 atom stereocenters. The Balaban J connectivity index is 2.78. The molecule has 2 N–H and O–H groups in total. The average Bonchev–Trinajstić information content (AvgIpc) is 2.42. The molecule has 21 heavy (non-hydrogen) atoms. The second kappa shape index (κ2) is 7.28. The molecular formula is C17H27ClN2O. The number of nitrogens with zero attached hydrogens (tertiary/aromatic N) is 1. The monoisotopic (exact) mass is 310 g/mol. The Kier molecular flexibility index (Phi) is 6.24. The Hall–Kier alpha value is -1.06. The van der Waals surface area contributed by atoms with Crippen LogP contribution in [0.5, 0.6) is 0 Å². The molecule has 118 valence electrons. The molecule has 1 saturated heterocycles. The van der Waals surface area contributed by atoms with Gasteiger partial charge in [-0.3, -0.25) is 4.79 Å². The number of carbonyl (C=O) groups is 1. The van der Waals surface area contributed by atoms with Gasteiger partial charge in [0, 0.05) is 18.1 Å². The van der Waals surface area contributed by atoms with E-state index in [-0.39, 0.29) is 11.3 Å². The van der Waals surface area contributed by atoms with Gasteiger partial charge in [-0.15, -0.1) is 0 Å². The van der Waals surface area contributed by atoms with E-state index in [1.54, 1.807) is 6.92 Å². The highest BCUT2D eigenvalue weighted by atomic mass is 35.5. The molecule has 0 unspecified atom stereocenters. The molecule has 1 rings (SSSR count). The fraction of sp³-hybridized carbons (Fsp3) is 0.588. The van der Waals surface area contributed by atoms with Crippen LogP contribution >= 0.6 is 11.6 Å². The average molecular weight is 311 g/mol. The second-order valence-electron chi connectivity index (χ2n) is 6.46. The van der Waals surface area contributed by atoms with Gasteiger partial charge in [0.15, 0.2) is 0 Å². The number of hydrogen-bond donors (Lipinski definition) is 1. The summed E-state index contributed by atoms with van der Waals surface area (Å²) in [5, 5.41) is 0.707. The van der Waals surface area contributed by atoms with E-state index in [1.165, 1.54) is 0 Å². The predicted octanol–water partition coefficient (Wildman–Crippen LogP) is 3.46. The molecule has 4 heteroatoms. The molecule has 3 nitrogen and oxygen atoms in total. The van der Waals surface area contributed by atoms with Gasteiger partial charge in [0.1, 0.15) is 0 Å². The standard InChI is InChI=1S/C17H27ClN2O/c1-6-14(18)8-7-12(2)15-9-10-20(11-17(15,4)5)16(21)13(3)19/h6-8,13,15H,2,9-11,19H2,1,3-5H3/b8-7-,14-6+/t13-,15-/m1/s1. The SMILES string of the molecule is C=C(/C=C\C(Cl)=C/C)[C@H]1CCN(C(=O)[C@@H](C)N)CC1(C)C. The molecule has 0 aromatic heterocycles. The summed E-state index contributed by atoms with van der Waals surface area (Å²) in [6, 6.07) is -0.436. The van der Waals surface area contributed by atoms with Crippen molar-refractivity contribution >= 4 is 17.5 Å². The van der Waals surface area contributed by atoms with Crippen molar-refractivity contribution < 1.29 is 4.79 Å². The van der Waals surface area contributed by atoms with Crippen LogP contribution in [0.2, 0.25) is 0 Å². The van der Waals surface area contributed by atoms with Crippen LogP contribution in [0.4, 0.5) is 0 Å². The summed E-state index contributed by atoms with van der Waals surface area (Å²) in [4.78, 5) is 13.9. The highest BCUT2D eigenvalue weighted by molar-refractivity contribution is 6.31. The van der Waals surface area contributed by atoms with E-state index in [2.05, 4.69) is 20.4 Å². The fourth-order valence-corrected chi connectivity index (χ4v) is 2.98. The molecule has 0 spiro atoms. The largest absolute Gasteiger partial charge is 0.341 e. The van der Waals surface area contributed by atoms with Crippen LogP contribution in [0.25, 0.3) is 0 Å². The first-order valence-electron chi connectivity index (χ1n) is 7.42. The van der Waals surface area contributed by atoms with Crippen molar-refractivity contribution in [2.24, 2.45) is 17.1 Å². The lowest BCUT2D eigenvalue weighted by atomic mass is 9.70. The number of allylic oxidation sites excluding steroid dienone is 5. The summed E-state index contributed by atoms with van der Waals surface area (Å²) >= 11 is 5.99. The fourth-order valence-electron chi connectivity index (χ4n) is 2.92. The zero-order chi connectivity index (χ0) is 16.2. The van der Waals surface area contributed by atoms with E-state index >= 15 is 0 Å². The molecule has 0 radical (unpaired) electrons. The summed E-state index contributed by atoms with van der Waals surface area (Å²) in [5.41, 5.74) is 6.75. The number of piperidine rings is 1. The topological polar surface area (TPSA) is 46.3 Å². The Morgan fingerprint density at radius 3 is 2.57 bits per heavy atom. The third kappa shape index (κ3) is 4.72. The Morgan fingerprint density at radius 1 is 1.48 bits per heavy atom. The summed E-state index contributed by atoms with van der Waals surface area (Å²) in [6.07, 6.45) is 6.61. The van der Waals surface area contributed by atoms with E-state index in [0.717, 1.165) is 18.5 Å². The first-order chi connectivity index (χ1) is 9.69. The molecule has 0 aliphatic carbocycles. The van der Waals surface area contributed by atoms with Gasteiger partial charge in [-0.05, 0) is 37.7 Å². The maximum absolute atomic E-state index is 12.1. The minimum absolute atomic E-state index is 0.0212. The van der Waals surface area contributed by atoms with Crippen LogP contribution in [-0.4, -0.2) is 29.9 Å². The van der Waals surface area contributed by atoms with Gasteiger partial charge in [0.05, 0.1) is 6.04 Å². The molecule has 1 heterocycles. The highest BCUT2D eigenvalue weighted by Gasteiger charge is 2.38. The van der Waals surface area contributed by atoms with Crippen molar-refractivity contribution in [2.75, 3.05) is 13.1 Å². The Bertz CT molecular complexity index is 463. The second-order valence-corrected chi connectivity index (χ2v) is 6.90. The molecular weight excluding hydrogens is 284 g/mol. The number of hydrogen-bond acceptors (Lipinski definition) is 2. The number of halogens is 1. The van der Waals surface area contributed by atoms with Crippen molar-refractivity contribution in [2.45, 2.75) is 40.2 Å². The predicted molar refractivity (Wildman–Crippen MR) is 90.0 cm³/mol. The zero-order valence-electron chi connectivity index (χ0n) is 13.5. The lowest BCUT2D eigenvalue weighted by Gasteiger charge is -2.45. The number of nitrogens with two attached hydrogens (primary N) is 1. The normalized spacial score (nSPS) is 24.2. The smallest absolute Gasteiger partial charge is 0.239 e. The number of likely N-dealkylation sites (tertiary alicyclic amines) is 1. The molecule has 1 amide bonds. The maximum Gasteiger partial charge on any atom is 0.239 e. The third-order valence-corrected chi connectivity index (χ3v) is 4.45. The molecule has 1 aliphatic rings. The molecule has 1 fully saturated rings. The summed E-state index contributed by atoms with van der Waals surface area (Å²) in [5.74, 6) is 0.367. The van der Waals surface area contributed by atoms with E-state index < -0.39 is 6.04 Å². The summed E-state index contributed by atoms with van der Waals surface area (Å²) in [6.45, 7) is 13.6. The Morgan fingerprint density at radius 2 is 2.10 bits per heavy atom. The maximum atomic E-state index is 12.1. The lowest BCUT2D eigenvalue weighted by molar-refractivity contribution is -0.136. The van der Waals surface area contributed by atoms with Gasteiger partial charge < -0.3 is 10.6 Å². The van der Waals surface area contributed by atoms with Crippen LogP contribution in [0, 0.1) is 11.3 Å². The van der Waals surface area contributed by atoms with Gasteiger partial charge in [-0.2, -0.15) is 0 Å². The molecule has 0 aromatic rings. The minimum Gasteiger partial charge on any atom is -0.341 e. The van der Waals surface area contributed by atoms with Crippen LogP contribution < -0.4 is 5.73 Å². The Labute approximate surface area is 133 Å². The van der Waals surface area contributed by atoms with Crippen LogP contribution in [0.15, 0.2) is 35.4 Å². The van der Waals surface area contributed by atoms with Gasteiger partial charge in [-0.25, -0.2) is 0 Å². The number of rotatable bonds is 4. The zero-order valence-corrected chi connectivity index (χ0v) is 14.3. The molecule has 0 aromatic carbocycles. The number of carbonyl (C=O) groups excluding carboxylic acids is 1. The molecule has 0 bridgehead atoms. The first-order valence-corrected chi connectivity index (χ1v) is 7.80. The quantitative estimate of drug-likeness (QED) is 0.808. The first kappa shape index (κ1) is 18.0. The van der Waals surface area contributed by atoms with E-state index in [1.807, 2.05) is 30.1 Å². The van der Waals surface area contributed by atoms with Crippen molar-refractivity contribution in [3.8, 4) is 0 Å². The third-order valence-electron chi connectivity index (χ3n) is 4.11. The summed E-state index contributed by atoms with van der Waals surface area (Å²) < 4.78 is 0. The van der Waals surface area contributed by atoms with Gasteiger partial charge >= 0.3 is 0 Å². The molecule has 0 saturated carbocycles. The van der Waals surface area contributed by atoms with Crippen LogP contribution in [-0.2, 0) is 4.79 Å². The van der Waals surface area contributed by atoms with Gasteiger partial charge in [0.2, 0.25) is 5.91 Å². The minimum atomic E-state index is -0.436. The van der Waals surface area contributed by atoms with Crippen molar-refractivity contribution in [3.63, 3.8) is 0 Å². The van der Waals surface area contributed by atoms with Crippen LogP contribution in [0.3, 0.4) is 0 Å². The van der Waals surface area contributed by atoms with Gasteiger partial charge in [0.25, 0.3) is 0 Å². The number of amides is 1.